The lowest BCUT2D eigenvalue weighted by Gasteiger charge is -2.36. The van der Waals surface area contributed by atoms with E-state index in [0.29, 0.717) is 12.5 Å². The predicted octanol–water partition coefficient (Wildman–Crippen LogP) is 1.39. The van der Waals surface area contributed by atoms with Gasteiger partial charge in [0.05, 0.1) is 0 Å². The summed E-state index contributed by atoms with van der Waals surface area (Å²) < 4.78 is 2.10. The second kappa shape index (κ2) is 6.88. The van der Waals surface area contributed by atoms with Crippen LogP contribution in [0.25, 0.3) is 0 Å². The van der Waals surface area contributed by atoms with Gasteiger partial charge in [-0.25, -0.2) is 4.98 Å². The third kappa shape index (κ3) is 3.60. The second-order valence-corrected chi connectivity index (χ2v) is 5.73. The lowest BCUT2D eigenvalue weighted by atomic mass is 10.0. The lowest BCUT2D eigenvalue weighted by Crippen LogP contribution is -2.47. The average molecular weight is 278 g/mol. The van der Waals surface area contributed by atoms with Crippen LogP contribution in [0.3, 0.4) is 0 Å². The number of hydrogen-bond acceptors (Lipinski definition) is 3. The summed E-state index contributed by atoms with van der Waals surface area (Å²) in [6, 6.07) is 0.505. The molecule has 20 heavy (non-hydrogen) atoms. The van der Waals surface area contributed by atoms with E-state index in [2.05, 4.69) is 35.5 Å². The van der Waals surface area contributed by atoms with Gasteiger partial charge in [0.2, 0.25) is 5.91 Å². The fourth-order valence-electron chi connectivity index (χ4n) is 2.84. The molecule has 1 saturated heterocycles. The van der Waals surface area contributed by atoms with Crippen LogP contribution in [-0.2, 0) is 17.8 Å². The highest BCUT2D eigenvalue weighted by molar-refractivity contribution is 5.76. The van der Waals surface area contributed by atoms with E-state index in [1.807, 2.05) is 17.3 Å². The van der Waals surface area contributed by atoms with Gasteiger partial charge in [0.1, 0.15) is 5.82 Å². The Morgan fingerprint density at radius 3 is 3.00 bits per heavy atom. The van der Waals surface area contributed by atoms with Gasteiger partial charge in [-0.1, -0.05) is 0 Å². The minimum Gasteiger partial charge on any atom is -0.341 e. The Bertz CT molecular complexity index is 441. The van der Waals surface area contributed by atoms with Crippen molar-refractivity contribution in [2.75, 3.05) is 27.2 Å². The van der Waals surface area contributed by atoms with Crippen LogP contribution < -0.4 is 0 Å². The molecule has 5 nitrogen and oxygen atoms in total. The summed E-state index contributed by atoms with van der Waals surface area (Å²) in [4.78, 5) is 20.9. The number of hydrogen-bond donors (Lipinski definition) is 0. The quantitative estimate of drug-likeness (QED) is 0.817. The third-order valence-corrected chi connectivity index (χ3v) is 4.18. The molecule has 1 aromatic heterocycles. The maximum absolute atomic E-state index is 12.3. The van der Waals surface area contributed by atoms with Crippen molar-refractivity contribution < 1.29 is 4.79 Å². The smallest absolute Gasteiger partial charge is 0.223 e. The van der Waals surface area contributed by atoms with Gasteiger partial charge in [-0.05, 0) is 33.9 Å². The molecular formula is C15H26N4O. The molecule has 0 aliphatic carbocycles. The minimum absolute atomic E-state index is 0.266. The highest BCUT2D eigenvalue weighted by Crippen LogP contribution is 2.15. The first-order valence-corrected chi connectivity index (χ1v) is 7.56. The summed E-state index contributed by atoms with van der Waals surface area (Å²) in [6.45, 7) is 4.79. The topological polar surface area (TPSA) is 41.4 Å². The van der Waals surface area contributed by atoms with Crippen molar-refractivity contribution in [3.8, 4) is 0 Å². The van der Waals surface area contributed by atoms with Gasteiger partial charge in [-0.3, -0.25) is 4.79 Å². The van der Waals surface area contributed by atoms with Gasteiger partial charge in [-0.2, -0.15) is 0 Å². The van der Waals surface area contributed by atoms with E-state index in [4.69, 9.17) is 0 Å². The molecule has 0 radical (unpaired) electrons. The van der Waals surface area contributed by atoms with Crippen LogP contribution in [0.15, 0.2) is 12.4 Å². The van der Waals surface area contributed by atoms with Crippen LogP contribution in [0.1, 0.15) is 32.0 Å². The van der Waals surface area contributed by atoms with E-state index in [-0.39, 0.29) is 5.91 Å². The Morgan fingerprint density at radius 2 is 2.30 bits per heavy atom. The molecular weight excluding hydrogens is 252 g/mol. The highest BCUT2D eigenvalue weighted by Gasteiger charge is 2.24. The minimum atomic E-state index is 0.266. The Labute approximate surface area is 121 Å². The molecule has 1 atom stereocenters. The van der Waals surface area contributed by atoms with Crippen LogP contribution >= 0.6 is 0 Å². The van der Waals surface area contributed by atoms with Gasteiger partial charge in [-0.15, -0.1) is 0 Å². The van der Waals surface area contributed by atoms with Crippen LogP contribution in [0.5, 0.6) is 0 Å². The van der Waals surface area contributed by atoms with E-state index >= 15 is 0 Å². The second-order valence-electron chi connectivity index (χ2n) is 5.73. The number of likely N-dealkylation sites (tertiary alicyclic amines) is 1. The summed E-state index contributed by atoms with van der Waals surface area (Å²) >= 11 is 0. The molecule has 2 heterocycles. The summed E-state index contributed by atoms with van der Waals surface area (Å²) in [7, 11) is 4.19. The molecule has 1 amide bonds. The van der Waals surface area contributed by atoms with Crippen molar-refractivity contribution in [2.45, 2.75) is 45.2 Å². The Kier molecular flexibility index (Phi) is 5.17. The van der Waals surface area contributed by atoms with E-state index in [1.165, 1.54) is 6.42 Å². The van der Waals surface area contributed by atoms with Crippen molar-refractivity contribution in [1.29, 1.82) is 0 Å². The highest BCUT2D eigenvalue weighted by atomic mass is 16.2. The van der Waals surface area contributed by atoms with Crippen molar-refractivity contribution in [3.63, 3.8) is 0 Å². The van der Waals surface area contributed by atoms with Gasteiger partial charge < -0.3 is 14.4 Å². The number of carbonyl (C=O) groups excluding carboxylic acids is 1. The Balaban J connectivity index is 1.85. The Morgan fingerprint density at radius 1 is 1.50 bits per heavy atom. The van der Waals surface area contributed by atoms with Crippen molar-refractivity contribution >= 4 is 5.91 Å². The van der Waals surface area contributed by atoms with Crippen molar-refractivity contribution in [2.24, 2.45) is 0 Å². The van der Waals surface area contributed by atoms with E-state index in [0.717, 1.165) is 38.3 Å². The number of piperidine rings is 1. The normalized spacial score (nSPS) is 19.6. The molecule has 0 N–H and O–H groups in total. The fraction of sp³-hybridized carbons (Fsp3) is 0.733. The van der Waals surface area contributed by atoms with Gasteiger partial charge in [0.25, 0.3) is 0 Å². The van der Waals surface area contributed by atoms with Gasteiger partial charge in [0.15, 0.2) is 0 Å². The summed E-state index contributed by atoms with van der Waals surface area (Å²) in [5, 5.41) is 0. The standard InChI is InChI=1S/C15H26N4O/c1-4-18-11-9-16-14(18)7-8-15(20)19-10-5-6-13(12-19)17(2)3/h9,11,13H,4-8,10,12H2,1-3H3/t13-/m1/s1. The average Bonchev–Trinajstić information content (AvgIpc) is 2.92. The van der Waals surface area contributed by atoms with Crippen LogP contribution in [0.4, 0.5) is 0 Å². The zero-order valence-corrected chi connectivity index (χ0v) is 12.9. The lowest BCUT2D eigenvalue weighted by molar-refractivity contribution is -0.133. The molecule has 1 aromatic rings. The Hall–Kier alpha value is -1.36. The molecule has 1 aliphatic heterocycles. The van der Waals surface area contributed by atoms with Crippen molar-refractivity contribution in [1.82, 2.24) is 19.4 Å². The third-order valence-electron chi connectivity index (χ3n) is 4.18. The number of aromatic nitrogens is 2. The molecule has 0 saturated carbocycles. The zero-order chi connectivity index (χ0) is 14.5. The number of nitrogens with zero attached hydrogens (tertiary/aromatic N) is 4. The molecule has 1 aliphatic rings. The van der Waals surface area contributed by atoms with Gasteiger partial charge in [0, 0.05) is 50.9 Å². The number of likely N-dealkylation sites (N-methyl/N-ethyl adjacent to an activating group) is 1. The molecule has 5 heteroatoms. The van der Waals surface area contributed by atoms with E-state index in [9.17, 15) is 4.79 Å². The maximum Gasteiger partial charge on any atom is 0.223 e. The van der Waals surface area contributed by atoms with E-state index in [1.54, 1.807) is 0 Å². The molecule has 112 valence electrons. The number of rotatable bonds is 5. The number of amides is 1. The monoisotopic (exact) mass is 278 g/mol. The first-order chi connectivity index (χ1) is 9.61. The maximum atomic E-state index is 12.3. The van der Waals surface area contributed by atoms with Crippen molar-refractivity contribution in [3.05, 3.63) is 18.2 Å². The molecule has 2 rings (SSSR count). The number of carbonyl (C=O) groups is 1. The van der Waals surface area contributed by atoms with Gasteiger partial charge >= 0.3 is 0 Å². The summed E-state index contributed by atoms with van der Waals surface area (Å²) in [6.07, 6.45) is 7.39. The zero-order valence-electron chi connectivity index (χ0n) is 12.9. The van der Waals surface area contributed by atoms with Crippen LogP contribution in [-0.4, -0.2) is 58.5 Å². The summed E-state index contributed by atoms with van der Waals surface area (Å²) in [5.41, 5.74) is 0. The van der Waals surface area contributed by atoms with Crippen LogP contribution in [0, 0.1) is 0 Å². The molecule has 0 unspecified atom stereocenters. The summed E-state index contributed by atoms with van der Waals surface area (Å²) in [5.74, 6) is 1.28. The molecule has 1 fully saturated rings. The number of aryl methyl sites for hydroxylation is 2. The fourth-order valence-corrected chi connectivity index (χ4v) is 2.84. The predicted molar refractivity (Wildman–Crippen MR) is 79.5 cm³/mol. The molecule has 0 aromatic carbocycles. The first-order valence-electron chi connectivity index (χ1n) is 7.56. The molecule has 0 spiro atoms. The van der Waals surface area contributed by atoms with E-state index < -0.39 is 0 Å². The van der Waals surface area contributed by atoms with Crippen LogP contribution in [0.2, 0.25) is 0 Å². The molecule has 0 bridgehead atoms. The largest absolute Gasteiger partial charge is 0.341 e. The SMILES string of the molecule is CCn1ccnc1CCC(=O)N1CCC[C@@H](N(C)C)C1. The first kappa shape index (κ1) is 15.0. The number of imidazole rings is 1.